The van der Waals surface area contributed by atoms with Gasteiger partial charge >= 0.3 is 0 Å². The predicted octanol–water partition coefficient (Wildman–Crippen LogP) is 3.77. The van der Waals surface area contributed by atoms with Gasteiger partial charge in [-0.3, -0.25) is 14.9 Å². The van der Waals surface area contributed by atoms with E-state index in [4.69, 9.17) is 0 Å². The van der Waals surface area contributed by atoms with Crippen LogP contribution in [0.5, 0.6) is 5.75 Å². The number of amides is 1. The van der Waals surface area contributed by atoms with Gasteiger partial charge in [0.2, 0.25) is 5.91 Å². The molecule has 0 fully saturated rings. The molecule has 0 aliphatic heterocycles. The molecular formula is C18H17N3O4S. The van der Waals surface area contributed by atoms with Gasteiger partial charge in [-0.05, 0) is 29.6 Å². The van der Waals surface area contributed by atoms with Gasteiger partial charge in [-0.15, -0.1) is 11.3 Å². The molecule has 2 heterocycles. The number of rotatable bonds is 5. The monoisotopic (exact) mass is 371 g/mol. The molecule has 2 aromatic heterocycles. The molecular weight excluding hydrogens is 354 g/mol. The Balaban J connectivity index is 2.12. The molecule has 134 valence electrons. The number of nitrogens with zero attached hydrogens (tertiary/aromatic N) is 2. The number of aromatic hydroxyl groups is 1. The van der Waals surface area contributed by atoms with Crippen molar-refractivity contribution in [2.24, 2.45) is 5.92 Å². The summed E-state index contributed by atoms with van der Waals surface area (Å²) in [5.74, 6) is -0.478. The summed E-state index contributed by atoms with van der Waals surface area (Å²) in [5.41, 5.74) is 0.512. The highest BCUT2D eigenvalue weighted by Crippen LogP contribution is 2.33. The molecule has 3 aromatic rings. The van der Waals surface area contributed by atoms with Crippen molar-refractivity contribution in [3.63, 3.8) is 0 Å². The molecule has 26 heavy (non-hydrogen) atoms. The molecule has 1 atom stereocenters. The average Bonchev–Trinajstić information content (AvgIpc) is 3.13. The number of nitro benzene ring substituents is 1. The van der Waals surface area contributed by atoms with Crippen molar-refractivity contribution >= 4 is 33.8 Å². The summed E-state index contributed by atoms with van der Waals surface area (Å²) in [6.45, 7) is 3.59. The highest BCUT2D eigenvalue weighted by molar-refractivity contribution is 7.10. The first-order valence-corrected chi connectivity index (χ1v) is 8.87. The van der Waals surface area contributed by atoms with E-state index in [0.717, 1.165) is 4.88 Å². The van der Waals surface area contributed by atoms with Crippen LogP contribution in [0.1, 0.15) is 30.5 Å². The van der Waals surface area contributed by atoms with Gasteiger partial charge in [-0.25, -0.2) is 4.98 Å². The maximum absolute atomic E-state index is 12.2. The molecule has 0 spiro atoms. The fourth-order valence-corrected chi connectivity index (χ4v) is 3.37. The maximum atomic E-state index is 12.2. The average molecular weight is 371 g/mol. The lowest BCUT2D eigenvalue weighted by Crippen LogP contribution is -2.32. The quantitative estimate of drug-likeness (QED) is 0.524. The number of nitro groups is 1. The van der Waals surface area contributed by atoms with E-state index in [-0.39, 0.29) is 34.2 Å². The van der Waals surface area contributed by atoms with Gasteiger partial charge in [0.15, 0.2) is 0 Å². The molecule has 1 aromatic carbocycles. The topological polar surface area (TPSA) is 105 Å². The van der Waals surface area contributed by atoms with Gasteiger partial charge in [0.05, 0.1) is 16.0 Å². The highest BCUT2D eigenvalue weighted by Gasteiger charge is 2.23. The van der Waals surface area contributed by atoms with E-state index in [2.05, 4.69) is 10.3 Å². The summed E-state index contributed by atoms with van der Waals surface area (Å²) in [6, 6.07) is 8.96. The number of non-ortho nitro benzene ring substituents is 1. The van der Waals surface area contributed by atoms with Crippen molar-refractivity contribution in [3.8, 4) is 5.75 Å². The Bertz CT molecular complexity index is 970. The Morgan fingerprint density at radius 2 is 2.04 bits per heavy atom. The molecule has 1 unspecified atom stereocenters. The van der Waals surface area contributed by atoms with E-state index in [0.29, 0.717) is 5.69 Å². The van der Waals surface area contributed by atoms with Crippen LogP contribution < -0.4 is 5.32 Å². The summed E-state index contributed by atoms with van der Waals surface area (Å²) in [6.07, 6.45) is 0. The first-order chi connectivity index (χ1) is 12.4. The fourth-order valence-electron chi connectivity index (χ4n) is 2.58. The van der Waals surface area contributed by atoms with Gasteiger partial charge in [-0.1, -0.05) is 19.9 Å². The predicted molar refractivity (Wildman–Crippen MR) is 99.2 cm³/mol. The number of hydrogen-bond acceptors (Lipinski definition) is 6. The summed E-state index contributed by atoms with van der Waals surface area (Å²) in [4.78, 5) is 28.2. The highest BCUT2D eigenvalue weighted by atomic mass is 32.1. The molecule has 0 saturated heterocycles. The third kappa shape index (κ3) is 3.36. The Hall–Kier alpha value is -3.00. The summed E-state index contributed by atoms with van der Waals surface area (Å²) >= 11 is 1.47. The van der Waals surface area contributed by atoms with Crippen LogP contribution in [0.3, 0.4) is 0 Å². The molecule has 1 amide bonds. The minimum atomic E-state index is -0.513. The van der Waals surface area contributed by atoms with E-state index < -0.39 is 11.0 Å². The smallest absolute Gasteiger partial charge is 0.279 e. The molecule has 0 aliphatic carbocycles. The molecule has 0 radical (unpaired) electrons. The van der Waals surface area contributed by atoms with Crippen molar-refractivity contribution in [2.45, 2.75) is 19.9 Å². The third-order valence-electron chi connectivity index (χ3n) is 3.97. The van der Waals surface area contributed by atoms with E-state index >= 15 is 0 Å². The van der Waals surface area contributed by atoms with Gasteiger partial charge < -0.3 is 10.4 Å². The van der Waals surface area contributed by atoms with E-state index in [1.165, 1.54) is 23.5 Å². The van der Waals surface area contributed by atoms with Gasteiger partial charge in [0.1, 0.15) is 17.3 Å². The lowest BCUT2D eigenvalue weighted by Gasteiger charge is -2.19. The second kappa shape index (κ2) is 7.09. The SMILES string of the molecule is CC(C)C(=O)NC(c1ccc2c([N+](=O)[O-])ccc(O)c2n1)c1cccs1. The summed E-state index contributed by atoms with van der Waals surface area (Å²) < 4.78 is 0. The van der Waals surface area contributed by atoms with Crippen molar-refractivity contribution in [1.82, 2.24) is 10.3 Å². The fraction of sp³-hybridized carbons (Fsp3) is 0.222. The molecule has 2 N–H and O–H groups in total. The second-order valence-corrected chi connectivity index (χ2v) is 7.08. The number of carbonyl (C=O) groups is 1. The van der Waals surface area contributed by atoms with E-state index in [9.17, 15) is 20.0 Å². The number of phenolic OH excluding ortho intramolecular Hbond substituents is 1. The number of benzene rings is 1. The minimum absolute atomic E-state index is 0.129. The first kappa shape index (κ1) is 17.8. The van der Waals surface area contributed by atoms with Gasteiger partial charge in [0.25, 0.3) is 5.69 Å². The number of phenols is 1. The number of carbonyl (C=O) groups excluding carboxylic acids is 1. The van der Waals surface area contributed by atoms with Gasteiger partial charge in [0, 0.05) is 16.9 Å². The second-order valence-electron chi connectivity index (χ2n) is 6.10. The van der Waals surface area contributed by atoms with Crippen molar-refractivity contribution < 1.29 is 14.8 Å². The van der Waals surface area contributed by atoms with E-state index in [1.807, 2.05) is 17.5 Å². The number of aromatic nitrogens is 1. The van der Waals surface area contributed by atoms with Crippen LogP contribution in [0.2, 0.25) is 0 Å². The zero-order valence-corrected chi connectivity index (χ0v) is 15.0. The Labute approximate surface area is 153 Å². The zero-order valence-electron chi connectivity index (χ0n) is 14.2. The molecule has 8 heteroatoms. The maximum Gasteiger partial charge on any atom is 0.279 e. The third-order valence-corrected chi connectivity index (χ3v) is 4.90. The summed E-state index contributed by atoms with van der Waals surface area (Å²) in [7, 11) is 0. The first-order valence-electron chi connectivity index (χ1n) is 7.99. The molecule has 0 bridgehead atoms. The zero-order chi connectivity index (χ0) is 18.8. The molecule has 0 saturated carbocycles. The van der Waals surface area contributed by atoms with Crippen LogP contribution in [0.15, 0.2) is 41.8 Å². The standard InChI is InChI=1S/C18H17N3O4S/c1-10(2)18(23)20-17(15-4-3-9-26-15)12-6-5-11-13(21(24)25)7-8-14(22)16(11)19-12/h3-10,17,22H,1-2H3,(H,20,23). The minimum Gasteiger partial charge on any atom is -0.506 e. The number of fused-ring (bicyclic) bond motifs is 1. The van der Waals surface area contributed by atoms with Crippen LogP contribution in [-0.4, -0.2) is 20.9 Å². The number of nitrogens with one attached hydrogen (secondary N) is 1. The van der Waals surface area contributed by atoms with Crippen molar-refractivity contribution in [1.29, 1.82) is 0 Å². The Morgan fingerprint density at radius 1 is 1.27 bits per heavy atom. The van der Waals surface area contributed by atoms with Crippen LogP contribution in [0.4, 0.5) is 5.69 Å². The van der Waals surface area contributed by atoms with Gasteiger partial charge in [-0.2, -0.15) is 0 Å². The van der Waals surface area contributed by atoms with E-state index in [1.54, 1.807) is 26.0 Å². The summed E-state index contributed by atoms with van der Waals surface area (Å²) in [5, 5.41) is 26.4. The molecule has 7 nitrogen and oxygen atoms in total. The normalized spacial score (nSPS) is 12.3. The molecule has 0 aliphatic rings. The van der Waals surface area contributed by atoms with Crippen molar-refractivity contribution in [2.75, 3.05) is 0 Å². The number of thiophene rings is 1. The largest absolute Gasteiger partial charge is 0.506 e. The van der Waals surface area contributed by atoms with Crippen LogP contribution in [-0.2, 0) is 4.79 Å². The number of hydrogen-bond donors (Lipinski definition) is 2. The van der Waals surface area contributed by atoms with Crippen LogP contribution in [0.25, 0.3) is 10.9 Å². The number of pyridine rings is 1. The Kier molecular flexibility index (Phi) is 4.85. The van der Waals surface area contributed by atoms with Crippen LogP contribution in [0, 0.1) is 16.0 Å². The van der Waals surface area contributed by atoms with Crippen LogP contribution >= 0.6 is 11.3 Å². The lowest BCUT2D eigenvalue weighted by molar-refractivity contribution is -0.383. The Morgan fingerprint density at radius 3 is 2.65 bits per heavy atom. The lowest BCUT2D eigenvalue weighted by atomic mass is 10.1. The van der Waals surface area contributed by atoms with Crippen molar-refractivity contribution in [3.05, 3.63) is 62.5 Å². The molecule has 3 rings (SSSR count).